The van der Waals surface area contributed by atoms with Crippen LogP contribution in [-0.4, -0.2) is 41.5 Å². The zero-order valence-corrected chi connectivity index (χ0v) is 21.6. The zero-order valence-electron chi connectivity index (χ0n) is 20.0. The van der Waals surface area contributed by atoms with Gasteiger partial charge in [-0.15, -0.1) is 11.3 Å². The van der Waals surface area contributed by atoms with Crippen LogP contribution in [0, 0.1) is 19.8 Å². The van der Waals surface area contributed by atoms with E-state index in [1.807, 2.05) is 0 Å². The third-order valence-electron chi connectivity index (χ3n) is 6.10. The Hall–Kier alpha value is -3.51. The molecule has 0 saturated heterocycles. The molecule has 1 N–H and O–H groups in total. The van der Waals surface area contributed by atoms with Gasteiger partial charge in [-0.05, 0) is 50.8 Å². The molecule has 4 aromatic rings. The smallest absolute Gasteiger partial charge is 0.300 e. The van der Waals surface area contributed by atoms with Crippen LogP contribution in [0.4, 0.5) is 5.69 Å². The zero-order chi connectivity index (χ0) is 25.4. The van der Waals surface area contributed by atoms with E-state index in [0.29, 0.717) is 40.0 Å². The van der Waals surface area contributed by atoms with Gasteiger partial charge in [0.05, 0.1) is 30.6 Å². The average molecular weight is 528 g/mol. The third-order valence-corrected chi connectivity index (χ3v) is 9.15. The van der Waals surface area contributed by atoms with Gasteiger partial charge in [-0.25, -0.2) is 23.4 Å². The number of anilines is 1. The monoisotopic (exact) mass is 527 g/mol. The first-order chi connectivity index (χ1) is 17.2. The summed E-state index contributed by atoms with van der Waals surface area (Å²) in [5, 5.41) is 0.651. The molecular formula is C24H25N5O5S2. The number of fused-ring (bicyclic) bond motifs is 1. The normalized spacial score (nSPS) is 14.0. The number of thiazole rings is 1. The first kappa shape index (κ1) is 24.2. The summed E-state index contributed by atoms with van der Waals surface area (Å²) in [5.74, 6) is 0.808. The van der Waals surface area contributed by atoms with Crippen molar-refractivity contribution in [1.29, 1.82) is 0 Å². The Morgan fingerprint density at radius 3 is 2.64 bits per heavy atom. The lowest BCUT2D eigenvalue weighted by Gasteiger charge is -2.24. The molecule has 1 aliphatic carbocycles. The molecule has 0 unspecified atom stereocenters. The minimum atomic E-state index is -3.91. The molecule has 0 spiro atoms. The second-order valence-corrected chi connectivity index (χ2v) is 11.8. The van der Waals surface area contributed by atoms with Crippen LogP contribution in [-0.2, 0) is 10.0 Å². The van der Waals surface area contributed by atoms with Crippen LogP contribution in [0.2, 0.25) is 0 Å². The van der Waals surface area contributed by atoms with E-state index in [2.05, 4.69) is 19.7 Å². The largest absolute Gasteiger partial charge is 0.486 e. The lowest BCUT2D eigenvalue weighted by molar-refractivity contribution is 0.178. The van der Waals surface area contributed by atoms with Crippen molar-refractivity contribution in [2.24, 2.45) is 5.92 Å². The Morgan fingerprint density at radius 2 is 1.97 bits per heavy atom. The number of aromatic nitrogens is 4. The maximum atomic E-state index is 13.1. The van der Waals surface area contributed by atoms with Crippen molar-refractivity contribution >= 4 is 32.7 Å². The fraction of sp³-hybridized carbons (Fsp3) is 0.333. The van der Waals surface area contributed by atoms with E-state index in [9.17, 15) is 13.2 Å². The molecule has 0 aromatic carbocycles. The van der Waals surface area contributed by atoms with Gasteiger partial charge in [-0.3, -0.25) is 13.9 Å². The molecule has 1 saturated carbocycles. The Balaban J connectivity index is 1.49. The molecule has 4 aromatic heterocycles. The van der Waals surface area contributed by atoms with Crippen LogP contribution in [0.5, 0.6) is 11.6 Å². The molecule has 0 bridgehead atoms. The lowest BCUT2D eigenvalue weighted by Crippen LogP contribution is -2.23. The molecule has 4 heterocycles. The molecule has 0 radical (unpaired) electrons. The van der Waals surface area contributed by atoms with Crippen LogP contribution >= 0.6 is 11.3 Å². The summed E-state index contributed by atoms with van der Waals surface area (Å²) in [6.45, 7) is 3.90. The Bertz CT molecular complexity index is 1610. The van der Waals surface area contributed by atoms with Gasteiger partial charge in [0, 0.05) is 23.5 Å². The number of hydrogen-bond donors (Lipinski definition) is 1. The number of hydrogen-bond acceptors (Lipinski definition) is 9. The third kappa shape index (κ3) is 4.65. The van der Waals surface area contributed by atoms with Crippen molar-refractivity contribution in [3.8, 4) is 22.8 Å². The van der Waals surface area contributed by atoms with E-state index in [4.69, 9.17) is 9.47 Å². The summed E-state index contributed by atoms with van der Waals surface area (Å²) < 4.78 is 41.3. The molecule has 36 heavy (non-hydrogen) atoms. The van der Waals surface area contributed by atoms with Crippen LogP contribution in [0.3, 0.4) is 0 Å². The topological polar surface area (TPSA) is 125 Å². The number of methoxy groups -OCH3 is 1. The van der Waals surface area contributed by atoms with Gasteiger partial charge in [0.15, 0.2) is 4.21 Å². The van der Waals surface area contributed by atoms with Crippen molar-refractivity contribution in [2.45, 2.75) is 37.3 Å². The van der Waals surface area contributed by atoms with E-state index in [1.54, 1.807) is 44.4 Å². The maximum Gasteiger partial charge on any atom is 0.300 e. The van der Waals surface area contributed by atoms with E-state index < -0.39 is 10.0 Å². The molecular weight excluding hydrogens is 502 g/mol. The van der Waals surface area contributed by atoms with Crippen LogP contribution in [0.25, 0.3) is 16.8 Å². The fourth-order valence-electron chi connectivity index (χ4n) is 4.00. The van der Waals surface area contributed by atoms with Gasteiger partial charge in [0.2, 0.25) is 11.6 Å². The Morgan fingerprint density at radius 1 is 1.17 bits per heavy atom. The average Bonchev–Trinajstić information content (AvgIpc) is 3.18. The number of sulfonamides is 1. The summed E-state index contributed by atoms with van der Waals surface area (Å²) in [7, 11) is -2.50. The number of nitrogens with zero attached hydrogens (tertiary/aromatic N) is 4. The number of ether oxygens (including phenoxy) is 2. The number of aryl methyl sites for hydroxylation is 2. The highest BCUT2D eigenvalue weighted by molar-refractivity contribution is 7.94. The SMILES string of the molecule is COc1ncc(-c2ccc3ncc(OCC4CCC4)c(=O)n3c2)cc1NS(=O)(=O)c1sc(C)nc1C. The summed E-state index contributed by atoms with van der Waals surface area (Å²) >= 11 is 1.09. The standard InChI is InChI=1S/C24H25N5O5S2/c1-14-24(35-15(2)27-14)36(31,32)28-19-9-18(10-26-22(19)33-3)17-7-8-21-25-11-20(23(30)29(21)12-17)34-13-16-5-4-6-16/h7-12,16,28H,4-6,13H2,1-3H3. The highest BCUT2D eigenvalue weighted by atomic mass is 32.2. The van der Waals surface area contributed by atoms with Gasteiger partial charge in [0.1, 0.15) is 11.3 Å². The fourth-order valence-corrected chi connectivity index (χ4v) is 6.53. The highest BCUT2D eigenvalue weighted by Crippen LogP contribution is 2.32. The van der Waals surface area contributed by atoms with Gasteiger partial charge in [-0.1, -0.05) is 6.42 Å². The number of nitrogens with one attached hydrogen (secondary N) is 1. The molecule has 1 aliphatic rings. The van der Waals surface area contributed by atoms with Crippen LogP contribution in [0.15, 0.2) is 45.8 Å². The first-order valence-electron chi connectivity index (χ1n) is 11.4. The van der Waals surface area contributed by atoms with Crippen molar-refractivity contribution in [2.75, 3.05) is 18.4 Å². The van der Waals surface area contributed by atoms with Crippen molar-refractivity contribution < 1.29 is 17.9 Å². The summed E-state index contributed by atoms with van der Waals surface area (Å²) in [4.78, 5) is 25.9. The van der Waals surface area contributed by atoms with Crippen LogP contribution in [0.1, 0.15) is 30.0 Å². The minimum absolute atomic E-state index is 0.118. The van der Waals surface area contributed by atoms with Gasteiger partial charge in [-0.2, -0.15) is 0 Å². The maximum absolute atomic E-state index is 13.1. The minimum Gasteiger partial charge on any atom is -0.486 e. The summed E-state index contributed by atoms with van der Waals surface area (Å²) in [6.07, 6.45) is 8.08. The number of pyridine rings is 2. The second-order valence-electron chi connectivity index (χ2n) is 8.67. The molecule has 12 heteroatoms. The molecule has 188 valence electrons. The van der Waals surface area contributed by atoms with Crippen molar-refractivity contribution in [1.82, 2.24) is 19.4 Å². The van der Waals surface area contributed by atoms with Gasteiger partial charge in [0.25, 0.3) is 15.6 Å². The summed E-state index contributed by atoms with van der Waals surface area (Å²) in [5.41, 5.74) is 1.98. The number of rotatable bonds is 8. The summed E-state index contributed by atoms with van der Waals surface area (Å²) in [6, 6.07) is 5.11. The molecule has 10 nitrogen and oxygen atoms in total. The quantitative estimate of drug-likeness (QED) is 0.367. The van der Waals surface area contributed by atoms with Crippen LogP contribution < -0.4 is 19.8 Å². The lowest BCUT2D eigenvalue weighted by atomic mass is 9.86. The Labute approximate surface area is 212 Å². The first-order valence-corrected chi connectivity index (χ1v) is 13.7. The Kier molecular flexibility index (Phi) is 6.39. The molecule has 0 amide bonds. The van der Waals surface area contributed by atoms with E-state index >= 15 is 0 Å². The highest BCUT2D eigenvalue weighted by Gasteiger charge is 2.23. The van der Waals surface area contributed by atoms with Gasteiger partial charge < -0.3 is 9.47 Å². The molecule has 1 fully saturated rings. The molecule has 0 aliphatic heterocycles. The van der Waals surface area contributed by atoms with Crippen molar-refractivity contribution in [3.63, 3.8) is 0 Å². The van der Waals surface area contributed by atoms with Gasteiger partial charge >= 0.3 is 0 Å². The van der Waals surface area contributed by atoms with E-state index in [0.717, 1.165) is 24.2 Å². The molecule has 5 rings (SSSR count). The van der Waals surface area contributed by atoms with E-state index in [-0.39, 0.29) is 27.1 Å². The van der Waals surface area contributed by atoms with E-state index in [1.165, 1.54) is 24.1 Å². The van der Waals surface area contributed by atoms with Crippen molar-refractivity contribution in [3.05, 3.63) is 57.8 Å². The predicted octanol–water partition coefficient (Wildman–Crippen LogP) is 3.82. The second kappa shape index (κ2) is 9.51. The predicted molar refractivity (Wildman–Crippen MR) is 136 cm³/mol. The molecule has 0 atom stereocenters.